The Balaban J connectivity index is 2.90. The van der Waals surface area contributed by atoms with E-state index in [0.717, 1.165) is 6.42 Å². The molecule has 0 aromatic heterocycles. The fraction of sp³-hybridized carbons (Fsp3) is 0.529. The second-order valence-electron chi connectivity index (χ2n) is 7.60. The molecule has 20 heavy (non-hydrogen) atoms. The van der Waals surface area contributed by atoms with Crippen LogP contribution in [0.4, 0.5) is 0 Å². The Kier molecular flexibility index (Phi) is 5.82. The van der Waals surface area contributed by atoms with E-state index in [9.17, 15) is 5.11 Å². The van der Waals surface area contributed by atoms with Crippen LogP contribution in [0.1, 0.15) is 17.5 Å². The minimum absolute atomic E-state index is 0.453. The first-order valence-electron chi connectivity index (χ1n) is 7.35. The van der Waals surface area contributed by atoms with E-state index in [1.54, 1.807) is 0 Å². The Hall–Kier alpha value is -0.826. The van der Waals surface area contributed by atoms with Gasteiger partial charge < -0.3 is 5.11 Å². The number of hydrogen-bond donors (Lipinski definition) is 1. The van der Waals surface area contributed by atoms with E-state index < -0.39 is 22.3 Å². The average molecular weight is 305 g/mol. The smallest absolute Gasteiger partial charge is 0.129 e. The molecule has 1 rings (SSSR count). The van der Waals surface area contributed by atoms with E-state index in [1.807, 2.05) is 6.07 Å². The van der Waals surface area contributed by atoms with Crippen LogP contribution in [0.5, 0.6) is 0 Å². The van der Waals surface area contributed by atoms with Gasteiger partial charge in [-0.05, 0) is 17.5 Å². The van der Waals surface area contributed by atoms with Crippen LogP contribution >= 0.6 is 0 Å². The van der Waals surface area contributed by atoms with Gasteiger partial charge in [0.15, 0.2) is 0 Å². The highest BCUT2D eigenvalue weighted by atomic mass is 28.3. The van der Waals surface area contributed by atoms with Gasteiger partial charge in [0.05, 0.1) is 8.07 Å². The van der Waals surface area contributed by atoms with Crippen molar-refractivity contribution in [1.82, 2.24) is 0 Å². The fourth-order valence-corrected chi connectivity index (χ4v) is 4.98. The van der Waals surface area contributed by atoms with Gasteiger partial charge in [-0.1, -0.05) is 75.5 Å². The number of aliphatic hydroxyl groups is 1. The Morgan fingerprint density at radius 1 is 1.00 bits per heavy atom. The van der Waals surface area contributed by atoms with Crippen molar-refractivity contribution in [2.24, 2.45) is 0 Å². The Morgan fingerprint density at radius 2 is 1.55 bits per heavy atom. The summed E-state index contributed by atoms with van der Waals surface area (Å²) in [5.74, 6) is 3.08. The lowest BCUT2D eigenvalue weighted by atomic mass is 10.1. The van der Waals surface area contributed by atoms with E-state index in [4.69, 9.17) is 0 Å². The minimum Gasteiger partial charge on any atom is -0.380 e. The Bertz CT molecular complexity index is 472. The van der Waals surface area contributed by atoms with Gasteiger partial charge in [0.1, 0.15) is 14.2 Å². The molecule has 0 aliphatic rings. The summed E-state index contributed by atoms with van der Waals surface area (Å²) < 4.78 is 0. The van der Waals surface area contributed by atoms with Crippen LogP contribution in [0.2, 0.25) is 39.3 Å². The van der Waals surface area contributed by atoms with Crippen LogP contribution in [0.25, 0.3) is 0 Å². The molecule has 0 amide bonds. The second-order valence-corrected chi connectivity index (χ2v) is 17.8. The number of hydrogen-bond acceptors (Lipinski definition) is 1. The highest BCUT2D eigenvalue weighted by Gasteiger charge is 2.29. The quantitative estimate of drug-likeness (QED) is 0.650. The summed E-state index contributed by atoms with van der Waals surface area (Å²) in [5.41, 5.74) is 5.09. The molecule has 0 fully saturated rings. The summed E-state index contributed by atoms with van der Waals surface area (Å²) in [6.07, 6.45) is 0.260. The molecule has 0 saturated heterocycles. The molecule has 1 N–H and O–H groups in total. The normalized spacial score (nSPS) is 15.2. The van der Waals surface area contributed by atoms with Gasteiger partial charge in [-0.2, -0.15) is 0 Å². The molecule has 0 radical (unpaired) electrons. The minimum atomic E-state index is -1.41. The lowest BCUT2D eigenvalue weighted by molar-refractivity contribution is 0.219. The van der Waals surface area contributed by atoms with Crippen molar-refractivity contribution < 1.29 is 5.11 Å². The van der Waals surface area contributed by atoms with Crippen LogP contribution in [0.15, 0.2) is 30.3 Å². The van der Waals surface area contributed by atoms with Crippen LogP contribution in [-0.2, 0) is 0 Å². The van der Waals surface area contributed by atoms with E-state index in [1.165, 1.54) is 5.56 Å². The summed E-state index contributed by atoms with van der Waals surface area (Å²) in [4.78, 5) is 0. The van der Waals surface area contributed by atoms with E-state index in [0.29, 0.717) is 5.54 Å². The molecule has 1 aromatic carbocycles. The lowest BCUT2D eigenvalue weighted by Gasteiger charge is -2.30. The number of aliphatic hydroxyl groups excluding tert-OH is 1. The van der Waals surface area contributed by atoms with Gasteiger partial charge in [-0.15, -0.1) is 5.54 Å². The third kappa shape index (κ3) is 6.08. The van der Waals surface area contributed by atoms with Gasteiger partial charge in [0.25, 0.3) is 0 Å². The predicted octanol–water partition coefficient (Wildman–Crippen LogP) is 4.28. The summed E-state index contributed by atoms with van der Waals surface area (Å²) in [5, 5.41) is 10.3. The molecule has 0 aliphatic carbocycles. The zero-order valence-corrected chi connectivity index (χ0v) is 15.7. The van der Waals surface area contributed by atoms with Crippen LogP contribution in [0, 0.1) is 11.5 Å². The highest BCUT2D eigenvalue weighted by Crippen LogP contribution is 2.31. The van der Waals surface area contributed by atoms with E-state index in [-0.39, 0.29) is 0 Å². The molecule has 0 bridgehead atoms. The van der Waals surface area contributed by atoms with Crippen LogP contribution in [0.3, 0.4) is 0 Å². The first-order chi connectivity index (χ1) is 9.09. The molecule has 2 unspecified atom stereocenters. The maximum atomic E-state index is 10.3. The van der Waals surface area contributed by atoms with Crippen LogP contribution < -0.4 is 0 Å². The molecule has 2 atom stereocenters. The van der Waals surface area contributed by atoms with Crippen molar-refractivity contribution in [3.05, 3.63) is 35.9 Å². The topological polar surface area (TPSA) is 20.2 Å². The molecule has 3 heteroatoms. The zero-order chi connectivity index (χ0) is 15.4. The van der Waals surface area contributed by atoms with Crippen molar-refractivity contribution in [1.29, 1.82) is 0 Å². The molecule has 110 valence electrons. The fourth-order valence-electron chi connectivity index (χ4n) is 2.26. The lowest BCUT2D eigenvalue weighted by Crippen LogP contribution is -2.33. The molecular formula is C17H28OSi2. The van der Waals surface area contributed by atoms with Gasteiger partial charge in [-0.3, -0.25) is 0 Å². The summed E-state index contributed by atoms with van der Waals surface area (Å²) in [6, 6.07) is 10.6. The van der Waals surface area contributed by atoms with Gasteiger partial charge >= 0.3 is 0 Å². The van der Waals surface area contributed by atoms with Crippen molar-refractivity contribution in [3.63, 3.8) is 0 Å². The SMILES string of the molecule is C[Si](C)(C)C#CC(O)CC(c1ccccc1)[Si](C)(C)C. The molecule has 0 aliphatic heterocycles. The number of benzene rings is 1. The van der Waals surface area contributed by atoms with Crippen molar-refractivity contribution in [2.45, 2.75) is 57.3 Å². The second kappa shape index (κ2) is 6.75. The third-order valence-corrected chi connectivity index (χ3v) is 6.87. The molecule has 0 saturated carbocycles. The Labute approximate surface area is 126 Å². The van der Waals surface area contributed by atoms with E-state index in [2.05, 4.69) is 75.0 Å². The average Bonchev–Trinajstić information content (AvgIpc) is 2.32. The summed E-state index contributed by atoms with van der Waals surface area (Å²) in [7, 11) is -2.79. The standard InChI is InChI=1S/C17H28OSi2/c1-19(2,3)13-12-16(18)14-17(20(4,5)6)15-10-8-7-9-11-15/h7-11,16-18H,14H2,1-6H3. The van der Waals surface area contributed by atoms with Gasteiger partial charge in [0.2, 0.25) is 0 Å². The first kappa shape index (κ1) is 17.2. The molecular weight excluding hydrogens is 276 g/mol. The van der Waals surface area contributed by atoms with Gasteiger partial charge in [-0.25, -0.2) is 0 Å². The van der Waals surface area contributed by atoms with Gasteiger partial charge in [0, 0.05) is 0 Å². The van der Waals surface area contributed by atoms with Crippen molar-refractivity contribution >= 4 is 16.1 Å². The summed E-state index contributed by atoms with van der Waals surface area (Å²) >= 11 is 0. The first-order valence-corrected chi connectivity index (χ1v) is 14.4. The van der Waals surface area contributed by atoms with E-state index >= 15 is 0 Å². The molecule has 0 spiro atoms. The maximum Gasteiger partial charge on any atom is 0.129 e. The van der Waals surface area contributed by atoms with Crippen molar-refractivity contribution in [2.75, 3.05) is 0 Å². The number of rotatable bonds is 4. The molecule has 1 aromatic rings. The summed E-state index contributed by atoms with van der Waals surface area (Å²) in [6.45, 7) is 13.7. The monoisotopic (exact) mass is 304 g/mol. The molecule has 1 nitrogen and oxygen atoms in total. The maximum absolute atomic E-state index is 10.3. The third-order valence-electron chi connectivity index (χ3n) is 3.32. The highest BCUT2D eigenvalue weighted by molar-refractivity contribution is 6.83. The predicted molar refractivity (Wildman–Crippen MR) is 94.3 cm³/mol. The largest absolute Gasteiger partial charge is 0.380 e. The van der Waals surface area contributed by atoms with Crippen LogP contribution in [-0.4, -0.2) is 27.4 Å². The molecule has 0 heterocycles. The Morgan fingerprint density at radius 3 is 2.00 bits per heavy atom. The van der Waals surface area contributed by atoms with Crippen molar-refractivity contribution in [3.8, 4) is 11.5 Å². The zero-order valence-electron chi connectivity index (χ0n) is 13.7.